The van der Waals surface area contributed by atoms with Gasteiger partial charge >= 0.3 is 0 Å². The van der Waals surface area contributed by atoms with Crippen LogP contribution in [0.3, 0.4) is 0 Å². The summed E-state index contributed by atoms with van der Waals surface area (Å²) in [5.41, 5.74) is 2.96. The number of furan rings is 1. The Kier molecular flexibility index (Phi) is 6.69. The molecule has 7 heteroatoms. The Morgan fingerprint density at radius 2 is 1.80 bits per heavy atom. The predicted octanol–water partition coefficient (Wildman–Crippen LogP) is 2.06. The minimum absolute atomic E-state index is 0.0364. The number of guanidine groups is 1. The summed E-state index contributed by atoms with van der Waals surface area (Å²) >= 11 is 0. The summed E-state index contributed by atoms with van der Waals surface area (Å²) in [6.45, 7) is 7.07. The van der Waals surface area contributed by atoms with E-state index in [2.05, 4.69) is 44.4 Å². The number of hydrogen-bond acceptors (Lipinski definition) is 4. The third kappa shape index (κ3) is 4.84. The number of carbonyl (C=O) groups excluding carboxylic acids is 1. The number of hydrogen-bond donors (Lipinski definition) is 1. The number of fused-ring (bicyclic) bond motifs is 1. The minimum Gasteiger partial charge on any atom is -0.459 e. The second-order valence-electron chi connectivity index (χ2n) is 7.88. The average molecular weight is 410 g/mol. The molecule has 160 valence electrons. The molecule has 0 saturated carbocycles. The standard InChI is InChI=1S/C23H31N5O2/c1-24-23(28-15-13-27(14-16-28)22(29)21-8-4-17-30-21)25-10-5-11-26-12-9-19-6-2-3-7-20(19)18-26/h2-4,6-8,17H,5,9-16,18H2,1H3,(H,24,25). The Balaban J connectivity index is 1.17. The molecule has 0 unspecified atom stereocenters. The zero-order valence-electron chi connectivity index (χ0n) is 17.7. The first-order chi connectivity index (χ1) is 14.7. The largest absolute Gasteiger partial charge is 0.459 e. The van der Waals surface area contributed by atoms with E-state index in [4.69, 9.17) is 4.42 Å². The fraction of sp³-hybridized carbons (Fsp3) is 0.478. The van der Waals surface area contributed by atoms with Crippen molar-refractivity contribution in [2.45, 2.75) is 19.4 Å². The van der Waals surface area contributed by atoms with Crippen LogP contribution in [0.2, 0.25) is 0 Å². The van der Waals surface area contributed by atoms with Crippen molar-refractivity contribution >= 4 is 11.9 Å². The zero-order valence-corrected chi connectivity index (χ0v) is 17.7. The smallest absolute Gasteiger partial charge is 0.289 e. The van der Waals surface area contributed by atoms with Gasteiger partial charge in [-0.2, -0.15) is 0 Å². The highest BCUT2D eigenvalue weighted by atomic mass is 16.3. The molecule has 2 aliphatic heterocycles. The predicted molar refractivity (Wildman–Crippen MR) is 118 cm³/mol. The molecule has 3 heterocycles. The van der Waals surface area contributed by atoms with E-state index >= 15 is 0 Å². The number of amides is 1. The number of carbonyl (C=O) groups is 1. The first kappa shape index (κ1) is 20.5. The van der Waals surface area contributed by atoms with Gasteiger partial charge in [0.25, 0.3) is 5.91 Å². The Labute approximate surface area is 178 Å². The SMILES string of the molecule is CN=C(NCCCN1CCc2ccccc2C1)N1CCN(C(=O)c2ccco2)CC1. The van der Waals surface area contributed by atoms with E-state index in [1.165, 1.54) is 17.4 Å². The van der Waals surface area contributed by atoms with E-state index in [9.17, 15) is 4.79 Å². The van der Waals surface area contributed by atoms with Crippen molar-refractivity contribution in [1.29, 1.82) is 0 Å². The van der Waals surface area contributed by atoms with Crippen molar-refractivity contribution in [3.8, 4) is 0 Å². The molecule has 4 rings (SSSR count). The van der Waals surface area contributed by atoms with Crippen molar-refractivity contribution in [1.82, 2.24) is 20.0 Å². The topological polar surface area (TPSA) is 64.3 Å². The van der Waals surface area contributed by atoms with Crippen molar-refractivity contribution in [2.75, 3.05) is 52.9 Å². The Bertz CT molecular complexity index is 856. The second kappa shape index (κ2) is 9.80. The molecule has 0 spiro atoms. The molecule has 2 aromatic rings. The van der Waals surface area contributed by atoms with Crippen molar-refractivity contribution in [3.63, 3.8) is 0 Å². The van der Waals surface area contributed by atoms with Gasteiger partial charge in [0.05, 0.1) is 6.26 Å². The molecule has 0 radical (unpaired) electrons. The Hall–Kier alpha value is -2.80. The molecule has 30 heavy (non-hydrogen) atoms. The lowest BCUT2D eigenvalue weighted by Crippen LogP contribution is -2.54. The molecule has 1 fully saturated rings. The van der Waals surface area contributed by atoms with Crippen LogP contribution in [0.5, 0.6) is 0 Å². The van der Waals surface area contributed by atoms with Gasteiger partial charge in [0, 0.05) is 59.4 Å². The molecule has 0 aliphatic carbocycles. The van der Waals surface area contributed by atoms with Crippen molar-refractivity contribution in [2.24, 2.45) is 4.99 Å². The molecular weight excluding hydrogens is 378 g/mol. The molecule has 1 N–H and O–H groups in total. The second-order valence-corrected chi connectivity index (χ2v) is 7.88. The molecule has 1 aromatic carbocycles. The maximum Gasteiger partial charge on any atom is 0.289 e. The van der Waals surface area contributed by atoms with Crippen LogP contribution in [-0.2, 0) is 13.0 Å². The van der Waals surface area contributed by atoms with Gasteiger partial charge in [0.2, 0.25) is 0 Å². The normalized spacial score (nSPS) is 17.7. The third-order valence-electron chi connectivity index (χ3n) is 5.95. The summed E-state index contributed by atoms with van der Waals surface area (Å²) in [5, 5.41) is 3.50. The number of nitrogens with zero attached hydrogens (tertiary/aromatic N) is 4. The van der Waals surface area contributed by atoms with E-state index < -0.39 is 0 Å². The average Bonchev–Trinajstić information content (AvgIpc) is 3.34. The number of rotatable bonds is 5. The van der Waals surface area contributed by atoms with E-state index in [1.54, 1.807) is 12.1 Å². The molecule has 1 aromatic heterocycles. The number of nitrogens with one attached hydrogen (secondary N) is 1. The molecule has 7 nitrogen and oxygen atoms in total. The van der Waals surface area contributed by atoms with Crippen LogP contribution in [0.4, 0.5) is 0 Å². The fourth-order valence-electron chi connectivity index (χ4n) is 4.26. The van der Waals surface area contributed by atoms with E-state index in [0.717, 1.165) is 58.1 Å². The van der Waals surface area contributed by atoms with Crippen LogP contribution in [0, 0.1) is 0 Å². The maximum absolute atomic E-state index is 12.4. The maximum atomic E-state index is 12.4. The van der Waals surface area contributed by atoms with Gasteiger partial charge in [-0.15, -0.1) is 0 Å². The highest BCUT2D eigenvalue weighted by Crippen LogP contribution is 2.18. The number of benzene rings is 1. The molecular formula is C23H31N5O2. The van der Waals surface area contributed by atoms with Crippen molar-refractivity contribution < 1.29 is 9.21 Å². The summed E-state index contributed by atoms with van der Waals surface area (Å²) in [7, 11) is 1.82. The van der Waals surface area contributed by atoms with E-state index in [-0.39, 0.29) is 5.91 Å². The van der Waals surface area contributed by atoms with Crippen LogP contribution in [0.25, 0.3) is 0 Å². The lowest BCUT2D eigenvalue weighted by molar-refractivity contribution is 0.0657. The Morgan fingerprint density at radius 3 is 2.53 bits per heavy atom. The summed E-state index contributed by atoms with van der Waals surface area (Å²) in [4.78, 5) is 23.5. The molecule has 2 aliphatic rings. The van der Waals surface area contributed by atoms with E-state index in [0.29, 0.717) is 18.8 Å². The fourth-order valence-corrected chi connectivity index (χ4v) is 4.26. The first-order valence-corrected chi connectivity index (χ1v) is 10.8. The van der Waals surface area contributed by atoms with Gasteiger partial charge in [-0.05, 0) is 36.1 Å². The molecule has 0 atom stereocenters. The van der Waals surface area contributed by atoms with Gasteiger partial charge in [0.1, 0.15) is 0 Å². The van der Waals surface area contributed by atoms with Gasteiger partial charge in [-0.3, -0.25) is 14.7 Å². The zero-order chi connectivity index (χ0) is 20.8. The third-order valence-corrected chi connectivity index (χ3v) is 5.95. The van der Waals surface area contributed by atoms with Crippen LogP contribution in [0.15, 0.2) is 52.1 Å². The number of aliphatic imine (C=N–C) groups is 1. The lowest BCUT2D eigenvalue weighted by Gasteiger charge is -2.36. The summed E-state index contributed by atoms with van der Waals surface area (Å²) in [6.07, 6.45) is 3.77. The molecule has 1 amide bonds. The van der Waals surface area contributed by atoms with Crippen LogP contribution in [0.1, 0.15) is 28.1 Å². The van der Waals surface area contributed by atoms with Gasteiger partial charge in [-0.1, -0.05) is 24.3 Å². The van der Waals surface area contributed by atoms with Crippen molar-refractivity contribution in [3.05, 3.63) is 59.5 Å². The van der Waals surface area contributed by atoms with Gasteiger partial charge in [0.15, 0.2) is 11.7 Å². The number of piperazine rings is 1. The summed E-state index contributed by atoms with van der Waals surface area (Å²) < 4.78 is 5.23. The van der Waals surface area contributed by atoms with Crippen LogP contribution < -0.4 is 5.32 Å². The quantitative estimate of drug-likeness (QED) is 0.465. The minimum atomic E-state index is -0.0364. The van der Waals surface area contributed by atoms with Crippen LogP contribution in [-0.4, -0.2) is 79.4 Å². The highest BCUT2D eigenvalue weighted by Gasteiger charge is 2.25. The first-order valence-electron chi connectivity index (χ1n) is 10.8. The lowest BCUT2D eigenvalue weighted by atomic mass is 10.00. The molecule has 0 bridgehead atoms. The monoisotopic (exact) mass is 409 g/mol. The van der Waals surface area contributed by atoms with Gasteiger partial charge in [-0.25, -0.2) is 0 Å². The van der Waals surface area contributed by atoms with E-state index in [1.807, 2.05) is 11.9 Å². The summed E-state index contributed by atoms with van der Waals surface area (Å²) in [5.74, 6) is 1.29. The summed E-state index contributed by atoms with van der Waals surface area (Å²) in [6, 6.07) is 12.2. The molecule has 1 saturated heterocycles. The Morgan fingerprint density at radius 1 is 1.03 bits per heavy atom. The highest BCUT2D eigenvalue weighted by molar-refractivity contribution is 5.91. The van der Waals surface area contributed by atoms with Crippen LogP contribution >= 0.6 is 0 Å². The van der Waals surface area contributed by atoms with Gasteiger partial charge < -0.3 is 19.5 Å².